The molecule has 0 spiro atoms. The van der Waals surface area contributed by atoms with Crippen LogP contribution in [0.2, 0.25) is 0 Å². The lowest BCUT2D eigenvalue weighted by Crippen LogP contribution is -1.83. The summed E-state index contributed by atoms with van der Waals surface area (Å²) in [6.45, 7) is 0. The lowest BCUT2D eigenvalue weighted by atomic mass is 10.3. The maximum absolute atomic E-state index is 5.18. The molecular formula is C10H9IN4O. The molecule has 0 radical (unpaired) electrons. The lowest BCUT2D eigenvalue weighted by molar-refractivity contribution is 0.415. The Morgan fingerprint density at radius 1 is 1.38 bits per heavy atom. The molecule has 1 aromatic carbocycles. The van der Waals surface area contributed by atoms with Crippen molar-refractivity contribution < 1.29 is 4.74 Å². The Morgan fingerprint density at radius 2 is 2.25 bits per heavy atom. The zero-order valence-electron chi connectivity index (χ0n) is 8.51. The molecule has 0 aliphatic rings. The molecule has 0 bridgehead atoms. The van der Waals surface area contributed by atoms with Crippen LogP contribution in [0.15, 0.2) is 40.8 Å². The second kappa shape index (κ2) is 5.06. The fourth-order valence-electron chi connectivity index (χ4n) is 1.15. The van der Waals surface area contributed by atoms with Crippen LogP contribution in [0.5, 0.6) is 5.75 Å². The van der Waals surface area contributed by atoms with Crippen molar-refractivity contribution in [2.45, 2.75) is 0 Å². The van der Waals surface area contributed by atoms with Gasteiger partial charge in [0.15, 0.2) is 0 Å². The molecule has 0 aliphatic carbocycles. The summed E-state index contributed by atoms with van der Waals surface area (Å²) in [4.78, 5) is 6.80. The summed E-state index contributed by atoms with van der Waals surface area (Å²) in [5.41, 5.74) is 0.686. The average Bonchev–Trinajstić information content (AvgIpc) is 2.79. The fourth-order valence-corrected chi connectivity index (χ4v) is 1.63. The molecule has 6 heteroatoms. The van der Waals surface area contributed by atoms with Crippen LogP contribution >= 0.6 is 22.6 Å². The summed E-state index contributed by atoms with van der Waals surface area (Å²) in [6.07, 6.45) is 3.32. The van der Waals surface area contributed by atoms with Crippen LogP contribution in [0.4, 0.5) is 11.6 Å². The first-order valence-corrected chi connectivity index (χ1v) is 5.62. The van der Waals surface area contributed by atoms with E-state index in [1.54, 1.807) is 19.5 Å². The van der Waals surface area contributed by atoms with Crippen molar-refractivity contribution in [1.29, 1.82) is 0 Å². The van der Waals surface area contributed by atoms with Gasteiger partial charge in [-0.3, -0.25) is 0 Å². The maximum Gasteiger partial charge on any atom is 0.246 e. The third kappa shape index (κ3) is 2.57. The number of nitrogens with zero attached hydrogens (tertiary/aromatic N) is 3. The Bertz CT molecular complexity index is 496. The fraction of sp³-hybridized carbons (Fsp3) is 0.100. The molecule has 0 saturated carbocycles. The Hall–Kier alpha value is -1.44. The van der Waals surface area contributed by atoms with Crippen LogP contribution in [0.3, 0.4) is 0 Å². The van der Waals surface area contributed by atoms with Crippen molar-refractivity contribution in [3.63, 3.8) is 0 Å². The van der Waals surface area contributed by atoms with Gasteiger partial charge in [0.1, 0.15) is 11.4 Å². The zero-order valence-corrected chi connectivity index (χ0v) is 10.7. The van der Waals surface area contributed by atoms with Crippen molar-refractivity contribution in [3.8, 4) is 5.75 Å². The highest BCUT2D eigenvalue weighted by Crippen LogP contribution is 2.29. The zero-order chi connectivity index (χ0) is 11.4. The topological polar surface area (TPSA) is 62.6 Å². The van der Waals surface area contributed by atoms with Crippen molar-refractivity contribution in [2.75, 3.05) is 7.11 Å². The van der Waals surface area contributed by atoms with E-state index in [0.29, 0.717) is 17.4 Å². The largest absolute Gasteiger partial charge is 0.494 e. The highest BCUT2D eigenvalue weighted by atomic mass is 127. The molecule has 82 valence electrons. The third-order valence-electron chi connectivity index (χ3n) is 1.88. The minimum absolute atomic E-state index is 0.473. The Morgan fingerprint density at radius 3 is 2.94 bits per heavy atom. The minimum Gasteiger partial charge on any atom is -0.494 e. The lowest BCUT2D eigenvalue weighted by Gasteiger charge is -2.02. The first kappa shape index (κ1) is 11.1. The molecule has 0 saturated heterocycles. The first-order chi connectivity index (χ1) is 7.79. The molecule has 2 rings (SSSR count). The van der Waals surface area contributed by atoms with Gasteiger partial charge in [-0.05, 0) is 40.8 Å². The van der Waals surface area contributed by atoms with Gasteiger partial charge in [0.05, 0.1) is 7.11 Å². The van der Waals surface area contributed by atoms with Gasteiger partial charge in [-0.25, -0.2) is 4.98 Å². The molecule has 5 nitrogen and oxygen atoms in total. The summed E-state index contributed by atoms with van der Waals surface area (Å²) in [5, 5.41) is 8.04. The summed E-state index contributed by atoms with van der Waals surface area (Å²) in [6, 6.07) is 5.70. The highest BCUT2D eigenvalue weighted by Gasteiger charge is 2.02. The summed E-state index contributed by atoms with van der Waals surface area (Å²) < 4.78 is 6.26. The van der Waals surface area contributed by atoms with E-state index < -0.39 is 0 Å². The molecule has 0 atom stereocenters. The predicted octanol–water partition coefficient (Wildman–Crippen LogP) is 3.44. The number of methoxy groups -OCH3 is 1. The van der Waals surface area contributed by atoms with Crippen LogP contribution in [-0.4, -0.2) is 17.1 Å². The van der Waals surface area contributed by atoms with E-state index in [9.17, 15) is 0 Å². The molecule has 1 aromatic heterocycles. The number of ether oxygens (including phenoxy) is 1. The van der Waals surface area contributed by atoms with Crippen LogP contribution in [0.25, 0.3) is 0 Å². The first-order valence-electron chi connectivity index (χ1n) is 4.54. The van der Waals surface area contributed by atoms with Gasteiger partial charge in [-0.2, -0.15) is 0 Å². The Balaban J connectivity index is 2.29. The maximum atomic E-state index is 5.18. The SMILES string of the molecule is COc1ccc(I)cc1N=Nc1ncc[nH]1. The predicted molar refractivity (Wildman–Crippen MR) is 68.5 cm³/mol. The second-order valence-electron chi connectivity index (χ2n) is 2.93. The minimum atomic E-state index is 0.473. The number of nitrogens with one attached hydrogen (secondary N) is 1. The number of benzene rings is 1. The van der Waals surface area contributed by atoms with Gasteiger partial charge >= 0.3 is 0 Å². The van der Waals surface area contributed by atoms with Gasteiger partial charge in [-0.1, -0.05) is 0 Å². The normalized spacial score (nSPS) is 10.9. The number of imidazole rings is 1. The number of H-pyrrole nitrogens is 1. The number of hydrogen-bond acceptors (Lipinski definition) is 4. The smallest absolute Gasteiger partial charge is 0.246 e. The van der Waals surface area contributed by atoms with Crippen molar-refractivity contribution in [1.82, 2.24) is 9.97 Å². The average molecular weight is 328 g/mol. The van der Waals surface area contributed by atoms with Gasteiger partial charge < -0.3 is 9.72 Å². The standard InChI is InChI=1S/C10H9IN4O/c1-16-9-3-2-7(11)6-8(9)14-15-10-12-4-5-13-10/h2-6H,1H3,(H,12,13). The molecule has 0 unspecified atom stereocenters. The summed E-state index contributed by atoms with van der Waals surface area (Å²) in [7, 11) is 1.61. The van der Waals surface area contributed by atoms with Gasteiger partial charge in [-0.15, -0.1) is 10.2 Å². The Kier molecular flexibility index (Phi) is 3.50. The van der Waals surface area contributed by atoms with Crippen molar-refractivity contribution in [2.24, 2.45) is 10.2 Å². The number of azo groups is 1. The molecular weight excluding hydrogens is 319 g/mol. The van der Waals surface area contributed by atoms with Crippen molar-refractivity contribution >= 4 is 34.2 Å². The van der Waals surface area contributed by atoms with E-state index in [-0.39, 0.29) is 0 Å². The summed E-state index contributed by atoms with van der Waals surface area (Å²) >= 11 is 2.21. The third-order valence-corrected chi connectivity index (χ3v) is 2.55. The van der Waals surface area contributed by atoms with Crippen LogP contribution in [0, 0.1) is 3.57 Å². The van der Waals surface area contributed by atoms with Gasteiger partial charge in [0.2, 0.25) is 5.95 Å². The molecule has 1 N–H and O–H groups in total. The number of hydrogen-bond donors (Lipinski definition) is 1. The molecule has 1 heterocycles. The monoisotopic (exact) mass is 328 g/mol. The van der Waals surface area contributed by atoms with E-state index in [4.69, 9.17) is 4.74 Å². The van der Waals surface area contributed by atoms with Crippen LogP contribution in [-0.2, 0) is 0 Å². The number of aromatic nitrogens is 2. The molecule has 0 fully saturated rings. The number of halogens is 1. The van der Waals surface area contributed by atoms with Gasteiger partial charge in [0, 0.05) is 16.0 Å². The van der Waals surface area contributed by atoms with E-state index in [2.05, 4.69) is 42.8 Å². The quantitative estimate of drug-likeness (QED) is 0.693. The molecule has 16 heavy (non-hydrogen) atoms. The second-order valence-corrected chi connectivity index (χ2v) is 4.17. The van der Waals surface area contributed by atoms with E-state index >= 15 is 0 Å². The van der Waals surface area contributed by atoms with E-state index in [1.165, 1.54) is 0 Å². The number of rotatable bonds is 3. The summed E-state index contributed by atoms with van der Waals surface area (Å²) in [5.74, 6) is 1.16. The highest BCUT2D eigenvalue weighted by molar-refractivity contribution is 14.1. The van der Waals surface area contributed by atoms with E-state index in [0.717, 1.165) is 3.57 Å². The molecule has 2 aromatic rings. The Labute approximate surface area is 106 Å². The number of aromatic amines is 1. The van der Waals surface area contributed by atoms with Crippen molar-refractivity contribution in [3.05, 3.63) is 34.2 Å². The van der Waals surface area contributed by atoms with E-state index in [1.807, 2.05) is 18.2 Å². The van der Waals surface area contributed by atoms with Gasteiger partial charge in [0.25, 0.3) is 0 Å². The molecule has 0 amide bonds. The van der Waals surface area contributed by atoms with Crippen LogP contribution in [0.1, 0.15) is 0 Å². The van der Waals surface area contributed by atoms with Crippen LogP contribution < -0.4 is 4.74 Å². The molecule has 0 aliphatic heterocycles.